The maximum absolute atomic E-state index is 11.7. The number of Topliss-reactive ketones (excluding diaryl/α,β-unsaturated/α-hetero) is 1. The fourth-order valence-electron chi connectivity index (χ4n) is 1.63. The molecule has 0 fully saturated rings. The van der Waals surface area contributed by atoms with Gasteiger partial charge in [0.2, 0.25) is 5.91 Å². The van der Waals surface area contributed by atoms with E-state index in [4.69, 9.17) is 4.74 Å². The lowest BCUT2D eigenvalue weighted by Gasteiger charge is -2.16. The summed E-state index contributed by atoms with van der Waals surface area (Å²) in [7, 11) is 1.61. The minimum atomic E-state index is -0.379. The Kier molecular flexibility index (Phi) is 5.74. The lowest BCUT2D eigenvalue weighted by Crippen LogP contribution is -2.26. The van der Waals surface area contributed by atoms with Crippen molar-refractivity contribution in [1.29, 1.82) is 0 Å². The second-order valence-corrected chi connectivity index (χ2v) is 5.80. The number of carbonyl (C=O) groups excluding carboxylic acids is 2. The standard InChI is InChI=1S/C16H23NO3/c1-16(2,3)14(18)9-10-15(19)17-11-12-5-7-13(20-4)8-6-12/h5-8H,9-11H2,1-4H3,(H,17,19). The van der Waals surface area contributed by atoms with Crippen LogP contribution in [-0.2, 0) is 16.1 Å². The lowest BCUT2D eigenvalue weighted by molar-refractivity contribution is -0.129. The Labute approximate surface area is 120 Å². The summed E-state index contributed by atoms with van der Waals surface area (Å²) in [4.78, 5) is 23.4. The molecule has 1 aromatic rings. The van der Waals surface area contributed by atoms with E-state index < -0.39 is 0 Å². The van der Waals surface area contributed by atoms with E-state index in [-0.39, 0.29) is 29.9 Å². The van der Waals surface area contributed by atoms with Crippen LogP contribution in [0.5, 0.6) is 5.75 Å². The first kappa shape index (κ1) is 16.2. The zero-order valence-electron chi connectivity index (χ0n) is 12.7. The highest BCUT2D eigenvalue weighted by Crippen LogP contribution is 2.17. The summed E-state index contributed by atoms with van der Waals surface area (Å²) in [6.07, 6.45) is 0.532. The normalized spacial score (nSPS) is 11.0. The van der Waals surface area contributed by atoms with Crippen LogP contribution < -0.4 is 10.1 Å². The van der Waals surface area contributed by atoms with Crippen molar-refractivity contribution in [2.24, 2.45) is 5.41 Å². The molecule has 0 radical (unpaired) electrons. The summed E-state index contributed by atoms with van der Waals surface area (Å²) in [6, 6.07) is 7.51. The molecule has 1 amide bonds. The molecule has 0 saturated carbocycles. The number of rotatable bonds is 6. The van der Waals surface area contributed by atoms with Crippen LogP contribution in [0, 0.1) is 5.41 Å². The van der Waals surface area contributed by atoms with Crippen LogP contribution in [0.15, 0.2) is 24.3 Å². The smallest absolute Gasteiger partial charge is 0.220 e. The highest BCUT2D eigenvalue weighted by molar-refractivity contribution is 5.88. The number of nitrogens with one attached hydrogen (secondary N) is 1. The molecule has 0 heterocycles. The minimum absolute atomic E-state index is 0.0987. The number of benzene rings is 1. The first-order valence-electron chi connectivity index (χ1n) is 6.76. The average Bonchev–Trinajstić information content (AvgIpc) is 2.41. The van der Waals surface area contributed by atoms with Crippen molar-refractivity contribution in [3.8, 4) is 5.75 Å². The van der Waals surface area contributed by atoms with Crippen LogP contribution in [0.4, 0.5) is 0 Å². The monoisotopic (exact) mass is 277 g/mol. The number of hydrogen-bond donors (Lipinski definition) is 1. The largest absolute Gasteiger partial charge is 0.497 e. The van der Waals surface area contributed by atoms with E-state index in [2.05, 4.69) is 5.32 Å². The average molecular weight is 277 g/mol. The molecule has 0 bridgehead atoms. The van der Waals surface area contributed by atoms with Crippen LogP contribution >= 0.6 is 0 Å². The summed E-state index contributed by atoms with van der Waals surface area (Å²) >= 11 is 0. The summed E-state index contributed by atoms with van der Waals surface area (Å²) in [5.74, 6) is 0.798. The Morgan fingerprint density at radius 1 is 1.10 bits per heavy atom. The number of amides is 1. The predicted molar refractivity (Wildman–Crippen MR) is 78.5 cm³/mol. The molecule has 110 valence electrons. The number of methoxy groups -OCH3 is 1. The molecular weight excluding hydrogens is 254 g/mol. The van der Waals surface area contributed by atoms with Crippen LogP contribution in [0.3, 0.4) is 0 Å². The minimum Gasteiger partial charge on any atom is -0.497 e. The van der Waals surface area contributed by atoms with Crippen LogP contribution in [0.2, 0.25) is 0 Å². The molecule has 1 aromatic carbocycles. The molecule has 0 aliphatic heterocycles. The third-order valence-electron chi connectivity index (χ3n) is 3.06. The van der Waals surface area contributed by atoms with Gasteiger partial charge in [-0.1, -0.05) is 32.9 Å². The number of ether oxygens (including phenoxy) is 1. The van der Waals surface area contributed by atoms with Gasteiger partial charge in [0.05, 0.1) is 7.11 Å². The Balaban J connectivity index is 2.34. The van der Waals surface area contributed by atoms with Crippen molar-refractivity contribution >= 4 is 11.7 Å². The van der Waals surface area contributed by atoms with Gasteiger partial charge < -0.3 is 10.1 Å². The maximum Gasteiger partial charge on any atom is 0.220 e. The predicted octanol–water partition coefficient (Wildman–Crippen LogP) is 2.71. The Hall–Kier alpha value is -1.84. The molecule has 0 atom stereocenters. The Bertz CT molecular complexity index is 458. The number of carbonyl (C=O) groups is 2. The fourth-order valence-corrected chi connectivity index (χ4v) is 1.63. The van der Waals surface area contributed by atoms with Gasteiger partial charge in [-0.3, -0.25) is 9.59 Å². The summed E-state index contributed by atoms with van der Waals surface area (Å²) in [6.45, 7) is 6.06. The molecule has 4 heteroatoms. The second kappa shape index (κ2) is 7.08. The lowest BCUT2D eigenvalue weighted by atomic mass is 9.88. The quantitative estimate of drug-likeness (QED) is 0.869. The fraction of sp³-hybridized carbons (Fsp3) is 0.500. The molecule has 1 rings (SSSR count). The van der Waals surface area contributed by atoms with Gasteiger partial charge in [-0.05, 0) is 17.7 Å². The third-order valence-corrected chi connectivity index (χ3v) is 3.06. The molecule has 0 aliphatic rings. The van der Waals surface area contributed by atoms with Crippen LogP contribution in [-0.4, -0.2) is 18.8 Å². The highest BCUT2D eigenvalue weighted by Gasteiger charge is 2.21. The maximum atomic E-state index is 11.7. The summed E-state index contributed by atoms with van der Waals surface area (Å²) in [5, 5.41) is 2.81. The molecule has 4 nitrogen and oxygen atoms in total. The molecule has 0 saturated heterocycles. The van der Waals surface area contributed by atoms with E-state index in [1.54, 1.807) is 7.11 Å². The first-order valence-corrected chi connectivity index (χ1v) is 6.76. The first-order chi connectivity index (χ1) is 9.32. The topological polar surface area (TPSA) is 55.4 Å². The van der Waals surface area contributed by atoms with Crippen molar-refractivity contribution in [2.75, 3.05) is 7.11 Å². The molecule has 0 spiro atoms. The van der Waals surface area contributed by atoms with E-state index >= 15 is 0 Å². The highest BCUT2D eigenvalue weighted by atomic mass is 16.5. The van der Waals surface area contributed by atoms with Crippen molar-refractivity contribution in [3.63, 3.8) is 0 Å². The van der Waals surface area contributed by atoms with Crippen LogP contribution in [0.25, 0.3) is 0 Å². The second-order valence-electron chi connectivity index (χ2n) is 5.80. The Morgan fingerprint density at radius 2 is 1.70 bits per heavy atom. The van der Waals surface area contributed by atoms with Gasteiger partial charge in [-0.15, -0.1) is 0 Å². The molecule has 1 N–H and O–H groups in total. The third kappa shape index (κ3) is 5.43. The van der Waals surface area contributed by atoms with Gasteiger partial charge in [-0.2, -0.15) is 0 Å². The van der Waals surface area contributed by atoms with Crippen molar-refractivity contribution in [1.82, 2.24) is 5.32 Å². The molecule has 0 aromatic heterocycles. The van der Waals surface area contributed by atoms with Crippen molar-refractivity contribution < 1.29 is 14.3 Å². The van der Waals surface area contributed by atoms with Gasteiger partial charge in [0, 0.05) is 24.8 Å². The van der Waals surface area contributed by atoms with Crippen LogP contribution in [0.1, 0.15) is 39.2 Å². The summed E-state index contributed by atoms with van der Waals surface area (Å²) < 4.78 is 5.07. The molecule has 0 unspecified atom stereocenters. The number of hydrogen-bond acceptors (Lipinski definition) is 3. The molecule has 20 heavy (non-hydrogen) atoms. The van der Waals surface area contributed by atoms with Gasteiger partial charge in [0.15, 0.2) is 0 Å². The van der Waals surface area contributed by atoms with E-state index in [0.717, 1.165) is 11.3 Å². The van der Waals surface area contributed by atoms with E-state index in [9.17, 15) is 9.59 Å². The Morgan fingerprint density at radius 3 is 2.20 bits per heavy atom. The van der Waals surface area contributed by atoms with Gasteiger partial charge in [0.1, 0.15) is 11.5 Å². The van der Waals surface area contributed by atoms with E-state index in [0.29, 0.717) is 6.54 Å². The van der Waals surface area contributed by atoms with Crippen molar-refractivity contribution in [3.05, 3.63) is 29.8 Å². The zero-order valence-corrected chi connectivity index (χ0v) is 12.7. The number of ketones is 1. The van der Waals surface area contributed by atoms with E-state index in [1.165, 1.54) is 0 Å². The summed E-state index contributed by atoms with van der Waals surface area (Å²) in [5.41, 5.74) is 0.622. The molecular formula is C16H23NO3. The zero-order chi connectivity index (χ0) is 15.2. The van der Waals surface area contributed by atoms with Crippen molar-refractivity contribution in [2.45, 2.75) is 40.2 Å². The van der Waals surface area contributed by atoms with Gasteiger partial charge in [-0.25, -0.2) is 0 Å². The van der Waals surface area contributed by atoms with Gasteiger partial charge in [0.25, 0.3) is 0 Å². The van der Waals surface area contributed by atoms with E-state index in [1.807, 2.05) is 45.0 Å². The molecule has 0 aliphatic carbocycles. The SMILES string of the molecule is COc1ccc(CNC(=O)CCC(=O)C(C)(C)C)cc1. The van der Waals surface area contributed by atoms with Gasteiger partial charge >= 0.3 is 0 Å².